The monoisotopic (exact) mass is 312 g/mol. The maximum atomic E-state index is 10.2. The number of rotatable bonds is 1. The standard InChI is InChI=1S/C14H17BrO3/c15-10-3-4-11-12(16)7-13(18-14(11)6-10)9-2-1-5-17-8-9/h3-4,6,9,12-13,16H,1-2,5,7-8H2/t9?,12-,13?/m0/s1. The van der Waals surface area contributed by atoms with Gasteiger partial charge in [0.25, 0.3) is 0 Å². The van der Waals surface area contributed by atoms with Crippen molar-refractivity contribution in [2.24, 2.45) is 5.92 Å². The maximum Gasteiger partial charge on any atom is 0.126 e. The Hall–Kier alpha value is -0.580. The van der Waals surface area contributed by atoms with Gasteiger partial charge in [0.05, 0.1) is 12.7 Å². The molecular formula is C14H17BrO3. The lowest BCUT2D eigenvalue weighted by atomic mass is 9.88. The molecule has 0 spiro atoms. The van der Waals surface area contributed by atoms with E-state index in [2.05, 4.69) is 15.9 Å². The Bertz CT molecular complexity index is 429. The summed E-state index contributed by atoms with van der Waals surface area (Å²) >= 11 is 3.44. The van der Waals surface area contributed by atoms with Crippen LogP contribution in [-0.4, -0.2) is 24.4 Å². The van der Waals surface area contributed by atoms with Gasteiger partial charge in [-0.1, -0.05) is 22.0 Å². The van der Waals surface area contributed by atoms with Gasteiger partial charge in [-0.3, -0.25) is 0 Å². The van der Waals surface area contributed by atoms with Crippen molar-refractivity contribution in [2.45, 2.75) is 31.5 Å². The zero-order chi connectivity index (χ0) is 12.5. The largest absolute Gasteiger partial charge is 0.490 e. The molecule has 0 saturated carbocycles. The van der Waals surface area contributed by atoms with E-state index in [1.165, 1.54) is 0 Å². The van der Waals surface area contributed by atoms with Crippen molar-refractivity contribution in [3.8, 4) is 5.75 Å². The highest BCUT2D eigenvalue weighted by Crippen LogP contribution is 2.39. The lowest BCUT2D eigenvalue weighted by molar-refractivity contribution is -0.0286. The first kappa shape index (κ1) is 12.5. The summed E-state index contributed by atoms with van der Waals surface area (Å²) in [5.74, 6) is 1.21. The summed E-state index contributed by atoms with van der Waals surface area (Å²) in [6.07, 6.45) is 2.53. The third kappa shape index (κ3) is 2.42. The van der Waals surface area contributed by atoms with Crippen LogP contribution in [0.15, 0.2) is 22.7 Å². The number of aliphatic hydroxyl groups is 1. The zero-order valence-electron chi connectivity index (χ0n) is 10.1. The van der Waals surface area contributed by atoms with E-state index < -0.39 is 6.10 Å². The van der Waals surface area contributed by atoms with Crippen molar-refractivity contribution in [3.05, 3.63) is 28.2 Å². The Morgan fingerprint density at radius 2 is 2.22 bits per heavy atom. The van der Waals surface area contributed by atoms with Crippen LogP contribution in [0.3, 0.4) is 0 Å². The molecule has 0 amide bonds. The van der Waals surface area contributed by atoms with Crippen LogP contribution in [0.2, 0.25) is 0 Å². The minimum absolute atomic E-state index is 0.0714. The van der Waals surface area contributed by atoms with E-state index in [4.69, 9.17) is 9.47 Å². The van der Waals surface area contributed by atoms with Crippen LogP contribution in [0.5, 0.6) is 5.75 Å². The summed E-state index contributed by atoms with van der Waals surface area (Å²) in [7, 11) is 0. The van der Waals surface area contributed by atoms with Crippen molar-refractivity contribution >= 4 is 15.9 Å². The second-order valence-corrected chi connectivity index (χ2v) is 5.98. The summed E-state index contributed by atoms with van der Waals surface area (Å²) in [4.78, 5) is 0. The van der Waals surface area contributed by atoms with Crippen LogP contribution in [-0.2, 0) is 4.74 Å². The van der Waals surface area contributed by atoms with E-state index in [-0.39, 0.29) is 6.10 Å². The number of fused-ring (bicyclic) bond motifs is 1. The molecule has 3 atom stereocenters. The van der Waals surface area contributed by atoms with Crippen molar-refractivity contribution in [2.75, 3.05) is 13.2 Å². The molecule has 1 fully saturated rings. The fraction of sp³-hybridized carbons (Fsp3) is 0.571. The molecule has 3 nitrogen and oxygen atoms in total. The molecule has 98 valence electrons. The van der Waals surface area contributed by atoms with Crippen LogP contribution >= 0.6 is 15.9 Å². The molecule has 1 aromatic carbocycles. The van der Waals surface area contributed by atoms with Gasteiger partial charge in [-0.2, -0.15) is 0 Å². The van der Waals surface area contributed by atoms with Crippen LogP contribution in [0, 0.1) is 5.92 Å². The minimum atomic E-state index is -0.422. The van der Waals surface area contributed by atoms with Crippen LogP contribution < -0.4 is 4.74 Å². The van der Waals surface area contributed by atoms with Gasteiger partial charge in [0, 0.05) is 29.0 Å². The smallest absolute Gasteiger partial charge is 0.126 e. The van der Waals surface area contributed by atoms with E-state index in [1.54, 1.807) is 0 Å². The number of hydrogen-bond acceptors (Lipinski definition) is 3. The first-order valence-corrected chi connectivity index (χ1v) is 7.25. The summed E-state index contributed by atoms with van der Waals surface area (Å²) in [5, 5.41) is 10.2. The Morgan fingerprint density at radius 1 is 1.33 bits per heavy atom. The van der Waals surface area contributed by atoms with Gasteiger partial charge in [-0.05, 0) is 25.0 Å². The predicted octanol–water partition coefficient (Wildman–Crippen LogP) is 3.06. The number of aliphatic hydroxyl groups excluding tert-OH is 1. The number of ether oxygens (including phenoxy) is 2. The second-order valence-electron chi connectivity index (χ2n) is 5.07. The summed E-state index contributed by atoms with van der Waals surface area (Å²) in [5.41, 5.74) is 0.895. The highest BCUT2D eigenvalue weighted by molar-refractivity contribution is 9.10. The average molecular weight is 313 g/mol. The topological polar surface area (TPSA) is 38.7 Å². The third-order valence-electron chi connectivity index (χ3n) is 3.79. The third-order valence-corrected chi connectivity index (χ3v) is 4.28. The van der Waals surface area contributed by atoms with Crippen molar-refractivity contribution < 1.29 is 14.6 Å². The molecule has 2 aliphatic rings. The van der Waals surface area contributed by atoms with Crippen molar-refractivity contribution in [3.63, 3.8) is 0 Å². The van der Waals surface area contributed by atoms with Gasteiger partial charge in [0.15, 0.2) is 0 Å². The van der Waals surface area contributed by atoms with Gasteiger partial charge in [0.2, 0.25) is 0 Å². The van der Waals surface area contributed by atoms with Gasteiger partial charge < -0.3 is 14.6 Å². The molecule has 1 saturated heterocycles. The summed E-state index contributed by atoms with van der Waals surface area (Å²) in [6, 6.07) is 5.81. The first-order valence-electron chi connectivity index (χ1n) is 6.46. The lowest BCUT2D eigenvalue weighted by Crippen LogP contribution is -2.37. The SMILES string of the molecule is O[C@H]1CC(C2CCCOC2)Oc2cc(Br)ccc21. The van der Waals surface area contributed by atoms with E-state index in [0.29, 0.717) is 12.3 Å². The van der Waals surface area contributed by atoms with Gasteiger partial charge >= 0.3 is 0 Å². The highest BCUT2D eigenvalue weighted by Gasteiger charge is 2.33. The van der Waals surface area contributed by atoms with Gasteiger partial charge in [-0.15, -0.1) is 0 Å². The number of benzene rings is 1. The molecule has 1 aromatic rings. The molecule has 0 aliphatic carbocycles. The van der Waals surface area contributed by atoms with E-state index >= 15 is 0 Å². The molecule has 1 N–H and O–H groups in total. The fourth-order valence-corrected chi connectivity index (χ4v) is 3.13. The molecular weight excluding hydrogens is 296 g/mol. The molecule has 0 aromatic heterocycles. The molecule has 2 aliphatic heterocycles. The zero-order valence-corrected chi connectivity index (χ0v) is 11.7. The average Bonchev–Trinajstić information content (AvgIpc) is 2.39. The maximum absolute atomic E-state index is 10.2. The quantitative estimate of drug-likeness (QED) is 0.866. The van der Waals surface area contributed by atoms with E-state index in [0.717, 1.165) is 41.8 Å². The van der Waals surface area contributed by atoms with Crippen LogP contribution in [0.4, 0.5) is 0 Å². The van der Waals surface area contributed by atoms with Gasteiger partial charge in [0.1, 0.15) is 11.9 Å². The van der Waals surface area contributed by atoms with Crippen LogP contribution in [0.1, 0.15) is 30.9 Å². The second kappa shape index (κ2) is 5.19. The van der Waals surface area contributed by atoms with E-state index in [1.807, 2.05) is 18.2 Å². The number of hydrogen-bond donors (Lipinski definition) is 1. The molecule has 4 heteroatoms. The Morgan fingerprint density at radius 3 is 3.00 bits per heavy atom. The highest BCUT2D eigenvalue weighted by atomic mass is 79.9. The normalized spacial score (nSPS) is 31.6. The van der Waals surface area contributed by atoms with E-state index in [9.17, 15) is 5.11 Å². The predicted molar refractivity (Wildman–Crippen MR) is 71.7 cm³/mol. The Kier molecular flexibility index (Phi) is 3.59. The van der Waals surface area contributed by atoms with Gasteiger partial charge in [-0.25, -0.2) is 0 Å². The minimum Gasteiger partial charge on any atom is -0.490 e. The van der Waals surface area contributed by atoms with Crippen LogP contribution in [0.25, 0.3) is 0 Å². The van der Waals surface area contributed by atoms with Crippen molar-refractivity contribution in [1.29, 1.82) is 0 Å². The van der Waals surface area contributed by atoms with Crippen molar-refractivity contribution in [1.82, 2.24) is 0 Å². The Balaban J connectivity index is 1.81. The fourth-order valence-electron chi connectivity index (χ4n) is 2.79. The molecule has 2 unspecified atom stereocenters. The summed E-state index contributed by atoms with van der Waals surface area (Å²) < 4.78 is 12.5. The molecule has 0 radical (unpaired) electrons. The molecule has 18 heavy (non-hydrogen) atoms. The molecule has 2 heterocycles. The molecule has 0 bridgehead atoms. The number of halogens is 1. The first-order chi connectivity index (χ1) is 8.74. The molecule has 3 rings (SSSR count). The Labute approximate surface area is 115 Å². The lowest BCUT2D eigenvalue weighted by Gasteiger charge is -2.36. The summed E-state index contributed by atoms with van der Waals surface area (Å²) in [6.45, 7) is 1.61.